The van der Waals surface area contributed by atoms with Crippen LogP contribution in [0.1, 0.15) is 36.2 Å². The number of nitrogens with zero attached hydrogens (tertiary/aromatic N) is 2. The van der Waals surface area contributed by atoms with Crippen molar-refractivity contribution in [2.75, 3.05) is 0 Å². The number of nitrogens with one attached hydrogen (secondary N) is 2. The van der Waals surface area contributed by atoms with Crippen LogP contribution in [0, 0.1) is 0 Å². The van der Waals surface area contributed by atoms with Crippen LogP contribution in [0.3, 0.4) is 0 Å². The molecule has 2 unspecified atom stereocenters. The number of benzene rings is 2. The molecule has 1 aliphatic carbocycles. The fraction of sp³-hybridized carbons (Fsp3) is 0.250. The van der Waals surface area contributed by atoms with Gasteiger partial charge in [-0.2, -0.15) is 0 Å². The van der Waals surface area contributed by atoms with Gasteiger partial charge in [-0.3, -0.25) is 9.89 Å². The highest BCUT2D eigenvalue weighted by atomic mass is 16.1. The molecule has 2 N–H and O–H groups in total. The van der Waals surface area contributed by atoms with E-state index in [-0.39, 0.29) is 17.6 Å². The second kappa shape index (κ2) is 7.33. The van der Waals surface area contributed by atoms with Gasteiger partial charge in [-0.05, 0) is 60.7 Å². The number of hydrogen-bond acceptors (Lipinski definition) is 3. The molecule has 0 radical (unpaired) electrons. The van der Waals surface area contributed by atoms with Gasteiger partial charge in [0.25, 0.3) is 5.56 Å². The van der Waals surface area contributed by atoms with E-state index < -0.39 is 0 Å². The molecular weight excluding hydrogens is 360 g/mol. The Kier molecular flexibility index (Phi) is 4.52. The zero-order chi connectivity index (χ0) is 19.8. The van der Waals surface area contributed by atoms with Gasteiger partial charge in [0.05, 0.1) is 0 Å². The molecule has 0 amide bonds. The first-order valence-electron chi connectivity index (χ1n) is 10.2. The van der Waals surface area contributed by atoms with Crippen LogP contribution in [0.2, 0.25) is 0 Å². The van der Waals surface area contributed by atoms with Crippen molar-refractivity contribution in [2.24, 2.45) is 0 Å². The second-order valence-corrected chi connectivity index (χ2v) is 7.83. The molecule has 0 aliphatic heterocycles. The minimum absolute atomic E-state index is 0.0172. The lowest BCUT2D eigenvalue weighted by Crippen LogP contribution is -2.37. The van der Waals surface area contributed by atoms with Gasteiger partial charge in [-0.1, -0.05) is 42.5 Å². The molecule has 29 heavy (non-hydrogen) atoms. The van der Waals surface area contributed by atoms with Gasteiger partial charge in [-0.15, -0.1) is 0 Å². The fourth-order valence-electron chi connectivity index (χ4n) is 4.32. The molecule has 5 heteroatoms. The van der Waals surface area contributed by atoms with Crippen LogP contribution in [0.25, 0.3) is 16.6 Å². The van der Waals surface area contributed by atoms with Gasteiger partial charge < -0.3 is 5.32 Å². The molecule has 2 aromatic carbocycles. The average molecular weight is 384 g/mol. The van der Waals surface area contributed by atoms with Crippen molar-refractivity contribution < 1.29 is 0 Å². The maximum absolute atomic E-state index is 12.9. The van der Waals surface area contributed by atoms with Crippen molar-refractivity contribution in [3.8, 4) is 5.82 Å². The fourth-order valence-corrected chi connectivity index (χ4v) is 4.32. The largest absolute Gasteiger partial charge is 0.307 e. The summed E-state index contributed by atoms with van der Waals surface area (Å²) in [6.45, 7) is 2.20. The molecule has 146 valence electrons. The summed E-state index contributed by atoms with van der Waals surface area (Å²) in [5.41, 5.74) is 3.21. The number of H-pyrrole nitrogens is 1. The molecular formula is C24H24N4O. The maximum Gasteiger partial charge on any atom is 0.276 e. The highest BCUT2D eigenvalue weighted by molar-refractivity contribution is 5.83. The van der Waals surface area contributed by atoms with Gasteiger partial charge in [0.1, 0.15) is 0 Å². The van der Waals surface area contributed by atoms with E-state index in [9.17, 15) is 4.79 Å². The van der Waals surface area contributed by atoms with Gasteiger partial charge in [-0.25, -0.2) is 9.67 Å². The normalized spacial score (nSPS) is 17.2. The van der Waals surface area contributed by atoms with E-state index in [1.54, 1.807) is 10.9 Å². The summed E-state index contributed by atoms with van der Waals surface area (Å²) in [4.78, 5) is 17.2. The first-order chi connectivity index (χ1) is 14.2. The number of aromatic nitrogens is 3. The molecule has 2 atom stereocenters. The molecule has 1 aliphatic rings. The van der Waals surface area contributed by atoms with Gasteiger partial charge in [0.2, 0.25) is 0 Å². The van der Waals surface area contributed by atoms with Gasteiger partial charge >= 0.3 is 0 Å². The van der Waals surface area contributed by atoms with E-state index in [1.807, 2.05) is 18.2 Å². The Hall–Kier alpha value is -3.18. The molecule has 0 bridgehead atoms. The third kappa shape index (κ3) is 3.38. The van der Waals surface area contributed by atoms with Gasteiger partial charge in [0, 0.05) is 29.5 Å². The first kappa shape index (κ1) is 17.9. The topological polar surface area (TPSA) is 62.7 Å². The van der Waals surface area contributed by atoms with Crippen LogP contribution in [-0.4, -0.2) is 20.8 Å². The smallest absolute Gasteiger partial charge is 0.276 e. The van der Waals surface area contributed by atoms with E-state index in [2.05, 4.69) is 64.8 Å². The van der Waals surface area contributed by atoms with Crippen molar-refractivity contribution in [3.63, 3.8) is 0 Å². The summed E-state index contributed by atoms with van der Waals surface area (Å²) in [6.07, 6.45) is 4.32. The van der Waals surface area contributed by atoms with E-state index in [0.717, 1.165) is 30.5 Å². The Bertz CT molecular complexity index is 1210. The Morgan fingerprint density at radius 1 is 1.10 bits per heavy atom. The van der Waals surface area contributed by atoms with Crippen LogP contribution >= 0.6 is 0 Å². The van der Waals surface area contributed by atoms with Crippen LogP contribution in [0.5, 0.6) is 0 Å². The summed E-state index contributed by atoms with van der Waals surface area (Å²) >= 11 is 0. The molecule has 5 rings (SSSR count). The lowest BCUT2D eigenvalue weighted by molar-refractivity contribution is 0.412. The minimum atomic E-state index is 0.0172. The number of fused-ring (bicyclic) bond motifs is 2. The van der Waals surface area contributed by atoms with E-state index in [4.69, 9.17) is 0 Å². The van der Waals surface area contributed by atoms with Crippen molar-refractivity contribution in [1.29, 1.82) is 0 Å². The zero-order valence-corrected chi connectivity index (χ0v) is 16.4. The number of hydrogen-bond donors (Lipinski definition) is 2. The van der Waals surface area contributed by atoms with E-state index in [1.165, 1.54) is 16.3 Å². The lowest BCUT2D eigenvalue weighted by atomic mass is 9.92. The standard InChI is InChI=1S/C24H24N4O/c1-16(18-10-9-17-6-2-3-7-19(17)14-18)26-20-11-12-22-21(15-20)24(29)28(27-22)23-8-4-5-13-25-23/h2-10,13-14,16,20,26-27H,11-12,15H2,1H3. The zero-order valence-electron chi connectivity index (χ0n) is 16.4. The number of rotatable bonds is 4. The molecule has 2 heterocycles. The monoisotopic (exact) mass is 384 g/mol. The number of aryl methyl sites for hydroxylation is 1. The molecule has 0 saturated carbocycles. The third-order valence-corrected chi connectivity index (χ3v) is 5.90. The molecule has 2 aromatic heterocycles. The first-order valence-corrected chi connectivity index (χ1v) is 10.2. The Balaban J connectivity index is 1.35. The summed E-state index contributed by atoms with van der Waals surface area (Å²) in [6, 6.07) is 21.2. The quantitative estimate of drug-likeness (QED) is 0.561. The second-order valence-electron chi connectivity index (χ2n) is 7.83. The summed E-state index contributed by atoms with van der Waals surface area (Å²) in [5.74, 6) is 0.640. The third-order valence-electron chi connectivity index (χ3n) is 5.90. The van der Waals surface area contributed by atoms with Crippen molar-refractivity contribution in [2.45, 2.75) is 38.3 Å². The van der Waals surface area contributed by atoms with E-state index >= 15 is 0 Å². The molecule has 0 spiro atoms. The molecule has 4 aromatic rings. The van der Waals surface area contributed by atoms with Crippen LogP contribution in [-0.2, 0) is 12.8 Å². The van der Waals surface area contributed by atoms with Gasteiger partial charge in [0.15, 0.2) is 5.82 Å². The number of pyridine rings is 1. The molecule has 5 nitrogen and oxygen atoms in total. The number of aromatic amines is 1. The van der Waals surface area contributed by atoms with Crippen LogP contribution < -0.4 is 10.9 Å². The molecule has 0 saturated heterocycles. The average Bonchev–Trinajstić information content (AvgIpc) is 3.10. The van der Waals surface area contributed by atoms with Crippen LogP contribution in [0.15, 0.2) is 71.7 Å². The Labute approximate surface area is 169 Å². The minimum Gasteiger partial charge on any atom is -0.307 e. The maximum atomic E-state index is 12.9. The predicted molar refractivity (Wildman–Crippen MR) is 115 cm³/mol. The summed E-state index contributed by atoms with van der Waals surface area (Å²) < 4.78 is 1.57. The van der Waals surface area contributed by atoms with Crippen molar-refractivity contribution >= 4 is 10.8 Å². The highest BCUT2D eigenvalue weighted by Crippen LogP contribution is 2.24. The highest BCUT2D eigenvalue weighted by Gasteiger charge is 2.26. The van der Waals surface area contributed by atoms with Crippen molar-refractivity contribution in [3.05, 3.63) is 94.0 Å². The van der Waals surface area contributed by atoms with E-state index in [0.29, 0.717) is 5.82 Å². The SMILES string of the molecule is CC(NC1CCc2[nH]n(-c3ccccn3)c(=O)c2C1)c1ccc2ccccc2c1. The Morgan fingerprint density at radius 3 is 2.76 bits per heavy atom. The molecule has 0 fully saturated rings. The summed E-state index contributed by atoms with van der Waals surface area (Å²) in [7, 11) is 0. The summed E-state index contributed by atoms with van der Waals surface area (Å²) in [5, 5.41) is 9.51. The lowest BCUT2D eigenvalue weighted by Gasteiger charge is -2.26. The Morgan fingerprint density at radius 2 is 1.93 bits per heavy atom. The van der Waals surface area contributed by atoms with Crippen molar-refractivity contribution in [1.82, 2.24) is 20.1 Å². The van der Waals surface area contributed by atoms with Crippen LogP contribution in [0.4, 0.5) is 0 Å². The predicted octanol–water partition coefficient (Wildman–Crippen LogP) is 3.92.